The lowest BCUT2D eigenvalue weighted by molar-refractivity contribution is -0.136. The number of carbonyl (C=O) groups is 3. The number of halogens is 1. The van der Waals surface area contributed by atoms with Crippen LogP contribution in [0.4, 0.5) is 11.4 Å². The van der Waals surface area contributed by atoms with Gasteiger partial charge in [-0.05, 0) is 55.0 Å². The number of phenols is 1. The van der Waals surface area contributed by atoms with Gasteiger partial charge in [0.15, 0.2) is 0 Å². The molecule has 0 unspecified atom stereocenters. The normalized spacial score (nSPS) is 10.6. The van der Waals surface area contributed by atoms with Crippen molar-refractivity contribution in [2.45, 2.75) is 6.92 Å². The highest BCUT2D eigenvalue weighted by atomic mass is 79.9. The van der Waals surface area contributed by atoms with Crippen LogP contribution in [0.3, 0.4) is 0 Å². The Morgan fingerprint density at radius 2 is 1.72 bits per heavy atom. The van der Waals surface area contributed by atoms with Crippen molar-refractivity contribution in [1.82, 2.24) is 5.43 Å². The van der Waals surface area contributed by atoms with Gasteiger partial charge in [-0.2, -0.15) is 5.10 Å². The van der Waals surface area contributed by atoms with E-state index in [2.05, 4.69) is 37.1 Å². The maximum atomic E-state index is 12.7. The Labute approximate surface area is 192 Å². The maximum absolute atomic E-state index is 12.7. The molecule has 3 amide bonds. The molecule has 3 aromatic rings. The fourth-order valence-corrected chi connectivity index (χ4v) is 3.11. The summed E-state index contributed by atoms with van der Waals surface area (Å²) in [5.74, 6) is -2.51. The molecule has 0 atom stereocenters. The number of anilines is 2. The number of rotatable bonds is 5. The van der Waals surface area contributed by atoms with Crippen molar-refractivity contribution in [3.05, 3.63) is 87.9 Å². The van der Waals surface area contributed by atoms with E-state index in [1.54, 1.807) is 30.3 Å². The molecule has 9 heteroatoms. The number of benzene rings is 3. The summed E-state index contributed by atoms with van der Waals surface area (Å²) in [5.41, 5.74) is 4.39. The highest BCUT2D eigenvalue weighted by Gasteiger charge is 2.18. The molecule has 162 valence electrons. The second-order valence-electron chi connectivity index (χ2n) is 6.73. The van der Waals surface area contributed by atoms with Gasteiger partial charge in [-0.1, -0.05) is 40.2 Å². The smallest absolute Gasteiger partial charge is 0.329 e. The summed E-state index contributed by atoms with van der Waals surface area (Å²) < 4.78 is 0.710. The highest BCUT2D eigenvalue weighted by molar-refractivity contribution is 9.10. The molecule has 0 aliphatic heterocycles. The summed E-state index contributed by atoms with van der Waals surface area (Å²) in [5, 5.41) is 18.6. The first-order chi connectivity index (χ1) is 15.3. The summed E-state index contributed by atoms with van der Waals surface area (Å²) >= 11 is 3.26. The molecular formula is C23H19BrN4O4. The molecule has 0 aliphatic rings. The molecule has 0 bridgehead atoms. The van der Waals surface area contributed by atoms with E-state index in [9.17, 15) is 19.5 Å². The number of nitrogens with zero attached hydrogens (tertiary/aromatic N) is 1. The molecule has 0 aliphatic carbocycles. The van der Waals surface area contributed by atoms with Crippen LogP contribution >= 0.6 is 15.9 Å². The van der Waals surface area contributed by atoms with Crippen molar-refractivity contribution in [1.29, 1.82) is 0 Å². The molecule has 8 nitrogen and oxygen atoms in total. The molecule has 3 aromatic carbocycles. The molecular weight excluding hydrogens is 476 g/mol. The number of aromatic hydroxyl groups is 1. The number of hydrogen-bond acceptors (Lipinski definition) is 5. The molecule has 3 rings (SSSR count). The lowest BCUT2D eigenvalue weighted by atomic mass is 10.1. The predicted molar refractivity (Wildman–Crippen MR) is 126 cm³/mol. The number of phenolic OH excluding ortho intramolecular Hbond substituents is 1. The van der Waals surface area contributed by atoms with E-state index in [0.717, 1.165) is 5.56 Å². The number of hydrogen-bond donors (Lipinski definition) is 4. The minimum atomic E-state index is -1.04. The van der Waals surface area contributed by atoms with Gasteiger partial charge in [-0.15, -0.1) is 0 Å². The van der Waals surface area contributed by atoms with Gasteiger partial charge in [0, 0.05) is 15.7 Å². The fraction of sp³-hybridized carbons (Fsp3) is 0.0435. The van der Waals surface area contributed by atoms with Crippen LogP contribution in [0.15, 0.2) is 76.3 Å². The summed E-state index contributed by atoms with van der Waals surface area (Å²) in [6.45, 7) is 1.91. The van der Waals surface area contributed by atoms with Crippen molar-refractivity contribution in [3.8, 4) is 5.75 Å². The van der Waals surface area contributed by atoms with Gasteiger partial charge < -0.3 is 15.7 Å². The quantitative estimate of drug-likeness (QED) is 0.245. The van der Waals surface area contributed by atoms with Crippen molar-refractivity contribution >= 4 is 51.2 Å². The van der Waals surface area contributed by atoms with Crippen molar-refractivity contribution < 1.29 is 19.5 Å². The lowest BCUT2D eigenvalue weighted by Gasteiger charge is -2.11. The van der Waals surface area contributed by atoms with E-state index in [1.807, 2.05) is 25.1 Å². The number of para-hydroxylation sites is 1. The maximum Gasteiger partial charge on any atom is 0.329 e. The van der Waals surface area contributed by atoms with E-state index < -0.39 is 17.7 Å². The number of amides is 3. The molecule has 0 aromatic heterocycles. The van der Waals surface area contributed by atoms with Gasteiger partial charge in [0.2, 0.25) is 0 Å². The second kappa shape index (κ2) is 10.4. The third-order valence-electron chi connectivity index (χ3n) is 4.26. The van der Waals surface area contributed by atoms with Crippen LogP contribution in [0.25, 0.3) is 0 Å². The first-order valence-corrected chi connectivity index (χ1v) is 10.2. The van der Waals surface area contributed by atoms with E-state index in [-0.39, 0.29) is 17.0 Å². The molecule has 32 heavy (non-hydrogen) atoms. The van der Waals surface area contributed by atoms with Gasteiger partial charge in [-0.3, -0.25) is 14.4 Å². The van der Waals surface area contributed by atoms with Crippen LogP contribution in [0, 0.1) is 6.92 Å². The minimum absolute atomic E-state index is 0.0378. The molecule has 0 radical (unpaired) electrons. The highest BCUT2D eigenvalue weighted by Crippen LogP contribution is 2.20. The summed E-state index contributed by atoms with van der Waals surface area (Å²) in [6, 6.07) is 18.3. The number of hydrazone groups is 1. The fourth-order valence-electron chi connectivity index (χ4n) is 2.73. The molecule has 0 saturated carbocycles. The van der Waals surface area contributed by atoms with Gasteiger partial charge in [0.05, 0.1) is 17.5 Å². The zero-order valence-electron chi connectivity index (χ0n) is 16.9. The average molecular weight is 495 g/mol. The lowest BCUT2D eigenvalue weighted by Crippen LogP contribution is -2.33. The van der Waals surface area contributed by atoms with E-state index in [4.69, 9.17) is 0 Å². The Kier molecular flexibility index (Phi) is 7.35. The van der Waals surface area contributed by atoms with Crippen LogP contribution in [0.2, 0.25) is 0 Å². The Balaban J connectivity index is 1.66. The summed E-state index contributed by atoms with van der Waals surface area (Å²) in [4.78, 5) is 37.0. The van der Waals surface area contributed by atoms with Crippen molar-refractivity contribution in [2.75, 3.05) is 10.6 Å². The first-order valence-electron chi connectivity index (χ1n) is 9.43. The minimum Gasteiger partial charge on any atom is -0.507 e. The summed E-state index contributed by atoms with van der Waals surface area (Å²) in [7, 11) is 0. The van der Waals surface area contributed by atoms with Crippen LogP contribution in [-0.4, -0.2) is 29.0 Å². The van der Waals surface area contributed by atoms with Crippen LogP contribution in [-0.2, 0) is 9.59 Å². The van der Waals surface area contributed by atoms with Gasteiger partial charge in [-0.25, -0.2) is 5.43 Å². The zero-order valence-corrected chi connectivity index (χ0v) is 18.5. The Hall–Kier alpha value is -3.98. The van der Waals surface area contributed by atoms with Gasteiger partial charge in [0.1, 0.15) is 5.75 Å². The summed E-state index contributed by atoms with van der Waals surface area (Å²) in [6.07, 6.45) is 1.20. The zero-order chi connectivity index (χ0) is 23.1. The topological polar surface area (TPSA) is 120 Å². The molecule has 0 spiro atoms. The van der Waals surface area contributed by atoms with Crippen molar-refractivity contribution in [2.24, 2.45) is 5.10 Å². The Morgan fingerprint density at radius 1 is 0.938 bits per heavy atom. The standard InChI is InChI=1S/C23H19BrN4O4/c1-14-5-4-6-17(11-14)26-21(30)18-7-2-3-8-19(18)27-22(31)23(32)28-25-13-15-12-16(24)9-10-20(15)29/h2-13,29H,1H3,(H,26,30)(H,27,31)(H,28,32). The first kappa shape index (κ1) is 22.7. The Morgan fingerprint density at radius 3 is 2.50 bits per heavy atom. The number of carbonyl (C=O) groups excluding carboxylic acids is 3. The van der Waals surface area contributed by atoms with Crippen LogP contribution in [0.1, 0.15) is 21.5 Å². The molecule has 4 N–H and O–H groups in total. The molecule has 0 heterocycles. The van der Waals surface area contributed by atoms with Crippen molar-refractivity contribution in [3.63, 3.8) is 0 Å². The van der Waals surface area contributed by atoms with Gasteiger partial charge >= 0.3 is 11.8 Å². The Bertz CT molecular complexity index is 1210. The largest absolute Gasteiger partial charge is 0.507 e. The van der Waals surface area contributed by atoms with E-state index in [0.29, 0.717) is 15.7 Å². The second-order valence-corrected chi connectivity index (χ2v) is 7.64. The monoisotopic (exact) mass is 494 g/mol. The average Bonchev–Trinajstić information content (AvgIpc) is 2.76. The SMILES string of the molecule is Cc1cccc(NC(=O)c2ccccc2NC(=O)C(=O)NN=Cc2cc(Br)ccc2O)c1. The number of aryl methyl sites for hydroxylation is 1. The van der Waals surface area contributed by atoms with Crippen LogP contribution < -0.4 is 16.1 Å². The number of nitrogens with one attached hydrogen (secondary N) is 3. The molecule has 0 fully saturated rings. The third kappa shape index (κ3) is 6.02. The van der Waals surface area contributed by atoms with Gasteiger partial charge in [0.25, 0.3) is 5.91 Å². The van der Waals surface area contributed by atoms with E-state index >= 15 is 0 Å². The molecule has 0 saturated heterocycles. The predicted octanol–water partition coefficient (Wildman–Crippen LogP) is 3.80. The van der Waals surface area contributed by atoms with E-state index in [1.165, 1.54) is 24.4 Å². The van der Waals surface area contributed by atoms with Crippen LogP contribution in [0.5, 0.6) is 5.75 Å². The third-order valence-corrected chi connectivity index (χ3v) is 4.75.